The molecule has 1 fully saturated rings. The van der Waals surface area contributed by atoms with Crippen LogP contribution in [-0.4, -0.2) is 11.2 Å². The van der Waals surface area contributed by atoms with E-state index in [1.807, 2.05) is 0 Å². The Morgan fingerprint density at radius 2 is 1.53 bits per heavy atom. The van der Waals surface area contributed by atoms with Crippen LogP contribution in [0.1, 0.15) is 69.0 Å². The average Bonchev–Trinajstić information content (AvgIpc) is 2.46. The van der Waals surface area contributed by atoms with E-state index in [0.29, 0.717) is 11.8 Å². The fourth-order valence-corrected chi connectivity index (χ4v) is 3.07. The van der Waals surface area contributed by atoms with Crippen LogP contribution in [0.5, 0.6) is 0 Å². The van der Waals surface area contributed by atoms with Gasteiger partial charge in [0.15, 0.2) is 0 Å². The van der Waals surface area contributed by atoms with Crippen LogP contribution in [0.25, 0.3) is 0 Å². The van der Waals surface area contributed by atoms with Gasteiger partial charge in [-0.1, -0.05) is 57.4 Å². The summed E-state index contributed by atoms with van der Waals surface area (Å²) in [6.45, 7) is 4.37. The molecule has 0 bridgehead atoms. The number of rotatable bonds is 4. The Hall–Kier alpha value is -0.860. The van der Waals surface area contributed by atoms with Gasteiger partial charge >= 0.3 is 0 Å². The number of hydrogen-bond acceptors (Lipinski definition) is 2. The van der Waals surface area contributed by atoms with Crippen LogP contribution < -0.4 is 5.73 Å². The summed E-state index contributed by atoms with van der Waals surface area (Å²) in [7, 11) is 0. The minimum Gasteiger partial charge on any atom is -0.391 e. The zero-order valence-corrected chi connectivity index (χ0v) is 12.2. The lowest BCUT2D eigenvalue weighted by molar-refractivity contribution is 0.0618. The van der Waals surface area contributed by atoms with Gasteiger partial charge in [-0.25, -0.2) is 0 Å². The highest BCUT2D eigenvalue weighted by Crippen LogP contribution is 2.31. The highest BCUT2D eigenvalue weighted by atomic mass is 16.3. The van der Waals surface area contributed by atoms with Crippen molar-refractivity contribution in [3.63, 3.8) is 0 Å². The molecule has 1 saturated carbocycles. The van der Waals surface area contributed by atoms with Gasteiger partial charge in [0.2, 0.25) is 0 Å². The second kappa shape index (κ2) is 6.53. The van der Waals surface area contributed by atoms with E-state index in [4.69, 9.17) is 5.73 Å². The molecule has 2 atom stereocenters. The minimum absolute atomic E-state index is 0.246. The molecule has 19 heavy (non-hydrogen) atoms. The number of hydrogen-bond donors (Lipinski definition) is 2. The molecule has 1 aliphatic rings. The Morgan fingerprint density at radius 3 is 2.05 bits per heavy atom. The van der Waals surface area contributed by atoms with Gasteiger partial charge in [-0.3, -0.25) is 0 Å². The molecule has 1 aliphatic carbocycles. The van der Waals surface area contributed by atoms with Crippen LogP contribution in [-0.2, 0) is 0 Å². The summed E-state index contributed by atoms with van der Waals surface area (Å²) in [6.07, 6.45) is 5.63. The Labute approximate surface area is 117 Å². The van der Waals surface area contributed by atoms with Gasteiger partial charge in [0.05, 0.1) is 12.1 Å². The van der Waals surface area contributed by atoms with Gasteiger partial charge in [0.25, 0.3) is 0 Å². The van der Waals surface area contributed by atoms with Crippen LogP contribution in [0.2, 0.25) is 0 Å². The maximum atomic E-state index is 10.4. The summed E-state index contributed by atoms with van der Waals surface area (Å²) in [5.74, 6) is 0.919. The zero-order valence-electron chi connectivity index (χ0n) is 12.2. The van der Waals surface area contributed by atoms with Gasteiger partial charge in [0.1, 0.15) is 0 Å². The average molecular weight is 261 g/mol. The van der Waals surface area contributed by atoms with E-state index < -0.39 is 6.10 Å². The van der Waals surface area contributed by atoms with Crippen LogP contribution in [0, 0.1) is 5.92 Å². The molecule has 0 aliphatic heterocycles. The third-order valence-electron chi connectivity index (χ3n) is 4.49. The molecule has 0 amide bonds. The SMILES string of the molecule is CC(C)c1ccc([C@H](N)[C@H](O)C2CCCCC2)cc1. The summed E-state index contributed by atoms with van der Waals surface area (Å²) >= 11 is 0. The number of nitrogens with two attached hydrogens (primary N) is 1. The second-order valence-corrected chi connectivity index (χ2v) is 6.24. The molecule has 0 radical (unpaired) electrons. The molecule has 106 valence electrons. The van der Waals surface area contributed by atoms with Gasteiger partial charge < -0.3 is 10.8 Å². The Bertz CT molecular complexity index is 379. The Kier molecular flexibility index (Phi) is 5.00. The van der Waals surface area contributed by atoms with E-state index in [9.17, 15) is 5.11 Å². The standard InChI is InChI=1S/C17H27NO/c1-12(2)13-8-10-14(11-9-13)16(18)17(19)15-6-4-3-5-7-15/h8-12,15-17,19H,3-7,18H2,1-2H3/t16-,17+/m0/s1. The molecule has 0 saturated heterocycles. The van der Waals surface area contributed by atoms with E-state index in [1.54, 1.807) is 0 Å². The summed E-state index contributed by atoms with van der Waals surface area (Å²) in [5, 5.41) is 10.4. The lowest BCUT2D eigenvalue weighted by Gasteiger charge is -2.30. The molecule has 0 unspecified atom stereocenters. The molecular formula is C17H27NO. The van der Waals surface area contributed by atoms with Gasteiger partial charge in [-0.15, -0.1) is 0 Å². The van der Waals surface area contributed by atoms with Crippen molar-refractivity contribution in [2.45, 2.75) is 64.0 Å². The molecular weight excluding hydrogens is 234 g/mol. The van der Waals surface area contributed by atoms with Crippen molar-refractivity contribution >= 4 is 0 Å². The third-order valence-corrected chi connectivity index (χ3v) is 4.49. The molecule has 3 N–H and O–H groups in total. The van der Waals surface area contributed by atoms with Crippen molar-refractivity contribution in [2.24, 2.45) is 11.7 Å². The monoisotopic (exact) mass is 261 g/mol. The van der Waals surface area contributed by atoms with E-state index in [-0.39, 0.29) is 6.04 Å². The molecule has 0 aromatic heterocycles. The van der Waals surface area contributed by atoms with E-state index in [2.05, 4.69) is 38.1 Å². The van der Waals surface area contributed by atoms with Crippen LogP contribution in [0.3, 0.4) is 0 Å². The third kappa shape index (κ3) is 3.58. The van der Waals surface area contributed by atoms with E-state index >= 15 is 0 Å². The number of aliphatic hydroxyl groups is 1. The first-order chi connectivity index (χ1) is 9.09. The molecule has 1 aromatic rings. The van der Waals surface area contributed by atoms with Crippen molar-refractivity contribution in [3.05, 3.63) is 35.4 Å². The first-order valence-corrected chi connectivity index (χ1v) is 7.63. The highest BCUT2D eigenvalue weighted by Gasteiger charge is 2.27. The predicted octanol–water partition coefficient (Wildman–Crippen LogP) is 3.75. The normalized spacial score (nSPS) is 20.5. The number of benzene rings is 1. The Balaban J connectivity index is 2.03. The van der Waals surface area contributed by atoms with Crippen LogP contribution in [0.15, 0.2) is 24.3 Å². The van der Waals surface area contributed by atoms with Crippen LogP contribution in [0.4, 0.5) is 0 Å². The van der Waals surface area contributed by atoms with Crippen LogP contribution >= 0.6 is 0 Å². The first kappa shape index (κ1) is 14.5. The lowest BCUT2D eigenvalue weighted by atomic mass is 9.81. The summed E-state index contributed by atoms with van der Waals surface area (Å²) in [4.78, 5) is 0. The minimum atomic E-state index is -0.398. The van der Waals surface area contributed by atoms with Crippen molar-refractivity contribution < 1.29 is 5.11 Å². The molecule has 0 spiro atoms. The van der Waals surface area contributed by atoms with E-state index in [1.165, 1.54) is 24.8 Å². The Morgan fingerprint density at radius 1 is 1.00 bits per heavy atom. The second-order valence-electron chi connectivity index (χ2n) is 6.24. The fraction of sp³-hybridized carbons (Fsp3) is 0.647. The largest absolute Gasteiger partial charge is 0.391 e. The topological polar surface area (TPSA) is 46.2 Å². The fourth-order valence-electron chi connectivity index (χ4n) is 3.07. The molecule has 2 heteroatoms. The van der Waals surface area contributed by atoms with Crippen molar-refractivity contribution in [3.8, 4) is 0 Å². The molecule has 2 rings (SSSR count). The first-order valence-electron chi connectivity index (χ1n) is 7.63. The molecule has 0 heterocycles. The lowest BCUT2D eigenvalue weighted by Crippen LogP contribution is -2.34. The highest BCUT2D eigenvalue weighted by molar-refractivity contribution is 5.27. The number of aliphatic hydroxyl groups excluding tert-OH is 1. The smallest absolute Gasteiger partial charge is 0.0760 e. The van der Waals surface area contributed by atoms with Crippen molar-refractivity contribution in [1.82, 2.24) is 0 Å². The molecule has 1 aromatic carbocycles. The van der Waals surface area contributed by atoms with Gasteiger partial charge in [-0.2, -0.15) is 0 Å². The van der Waals surface area contributed by atoms with Gasteiger partial charge in [0, 0.05) is 0 Å². The summed E-state index contributed by atoms with van der Waals surface area (Å²) in [6, 6.07) is 8.17. The van der Waals surface area contributed by atoms with Gasteiger partial charge in [-0.05, 0) is 35.8 Å². The van der Waals surface area contributed by atoms with Crippen molar-refractivity contribution in [2.75, 3.05) is 0 Å². The van der Waals surface area contributed by atoms with E-state index in [0.717, 1.165) is 18.4 Å². The quantitative estimate of drug-likeness (QED) is 0.867. The molecule has 2 nitrogen and oxygen atoms in total. The zero-order chi connectivity index (χ0) is 13.8. The maximum Gasteiger partial charge on any atom is 0.0760 e. The summed E-state index contributed by atoms with van der Waals surface area (Å²) < 4.78 is 0. The maximum absolute atomic E-state index is 10.4. The van der Waals surface area contributed by atoms with Crippen molar-refractivity contribution in [1.29, 1.82) is 0 Å². The predicted molar refractivity (Wildman–Crippen MR) is 80.0 cm³/mol. The summed E-state index contributed by atoms with van der Waals surface area (Å²) in [5.41, 5.74) is 8.63.